The Bertz CT molecular complexity index is 671. The zero-order valence-electron chi connectivity index (χ0n) is 17.5. The fraction of sp³-hybridized carbons (Fsp3) is 0.727. The van der Waals surface area contributed by atoms with Gasteiger partial charge >= 0.3 is 37.7 Å². The molecule has 0 N–H and O–H groups in total. The van der Waals surface area contributed by atoms with Gasteiger partial charge in [0.25, 0.3) is 0 Å². The Morgan fingerprint density at radius 3 is 1.33 bits per heavy atom. The van der Waals surface area contributed by atoms with Crippen LogP contribution in [0.3, 0.4) is 0 Å². The van der Waals surface area contributed by atoms with Gasteiger partial charge in [-0.25, -0.2) is 0 Å². The number of rotatable bonds is 2. The van der Waals surface area contributed by atoms with Crippen molar-refractivity contribution in [2.45, 2.75) is 67.2 Å². The van der Waals surface area contributed by atoms with Gasteiger partial charge in [0, 0.05) is 10.8 Å². The van der Waals surface area contributed by atoms with Crippen LogP contribution in [0.25, 0.3) is 0 Å². The van der Waals surface area contributed by atoms with E-state index in [2.05, 4.69) is 0 Å². The third-order valence-corrected chi connectivity index (χ3v) is 8.09. The number of hydrogen-bond donors (Lipinski definition) is 0. The molecule has 0 aromatic rings. The molecule has 0 aromatic carbocycles. The molecule has 0 heterocycles. The number of carbonyl (C=O) groups is 2. The minimum absolute atomic E-state index is 0. The Morgan fingerprint density at radius 2 is 1.11 bits per heavy atom. The average Bonchev–Trinajstić information content (AvgIpc) is 3.24. The zero-order chi connectivity index (χ0) is 19.7. The monoisotopic (exact) mass is 398 g/mol. The summed E-state index contributed by atoms with van der Waals surface area (Å²) in [4.78, 5) is 22.2. The maximum Gasteiger partial charge on any atom is 2.00 e. The van der Waals surface area contributed by atoms with Gasteiger partial charge in [0.1, 0.15) is 0 Å². The van der Waals surface area contributed by atoms with Gasteiger partial charge in [-0.05, 0) is 62.2 Å². The first-order valence-electron chi connectivity index (χ1n) is 9.65. The van der Waals surface area contributed by atoms with E-state index in [9.17, 15) is 19.8 Å². The third-order valence-electron chi connectivity index (χ3n) is 8.09. The molecule has 0 amide bonds. The van der Waals surface area contributed by atoms with Crippen LogP contribution in [-0.4, -0.2) is 49.7 Å². The number of hydrogen-bond acceptors (Lipinski definition) is 4. The van der Waals surface area contributed by atoms with Crippen LogP contribution in [0.15, 0.2) is 23.3 Å². The van der Waals surface area contributed by atoms with Crippen molar-refractivity contribution in [3.8, 4) is 0 Å². The van der Waals surface area contributed by atoms with Crippen LogP contribution in [0.1, 0.15) is 67.2 Å². The molecule has 0 aliphatic heterocycles. The summed E-state index contributed by atoms with van der Waals surface area (Å²) >= 11 is 0. The molecule has 0 radical (unpaired) electrons. The molecule has 0 saturated heterocycles. The minimum Gasteiger partial charge on any atom is -0.549 e. The van der Waals surface area contributed by atoms with Gasteiger partial charge < -0.3 is 19.8 Å². The quantitative estimate of drug-likeness (QED) is 0.525. The van der Waals surface area contributed by atoms with E-state index in [1.54, 1.807) is 0 Å². The van der Waals surface area contributed by atoms with Crippen molar-refractivity contribution in [2.24, 2.45) is 33.5 Å². The molecule has 144 valence electrons. The van der Waals surface area contributed by atoms with Crippen LogP contribution in [0.4, 0.5) is 0 Å². The number of carboxylic acids is 2. The molecule has 5 heteroatoms. The second kappa shape index (κ2) is 6.88. The standard InChI is InChI=1S/2C11H16O2.Ca/c2*1-7-4-5-8-10(2,3)11(8,6-7)9(12)13;/h2*6,8H,4-5H2,1-3H3,(H,12,13);/q;;+2/p-2. The molecule has 2 fully saturated rings. The van der Waals surface area contributed by atoms with E-state index >= 15 is 0 Å². The van der Waals surface area contributed by atoms with Crippen LogP contribution in [0.5, 0.6) is 0 Å². The predicted molar refractivity (Wildman–Crippen MR) is 101 cm³/mol. The summed E-state index contributed by atoms with van der Waals surface area (Å²) in [6, 6.07) is 0. The summed E-state index contributed by atoms with van der Waals surface area (Å²) in [7, 11) is 0. The molecule has 4 atom stereocenters. The molecule has 4 aliphatic rings. The summed E-state index contributed by atoms with van der Waals surface area (Å²) in [5, 5.41) is 22.2. The van der Waals surface area contributed by atoms with Gasteiger partial charge in [-0.15, -0.1) is 0 Å². The van der Waals surface area contributed by atoms with Crippen LogP contribution in [0, 0.1) is 33.5 Å². The fourth-order valence-electron chi connectivity index (χ4n) is 6.16. The van der Waals surface area contributed by atoms with Gasteiger partial charge in [-0.3, -0.25) is 0 Å². The van der Waals surface area contributed by atoms with Gasteiger partial charge in [-0.1, -0.05) is 51.0 Å². The van der Waals surface area contributed by atoms with Crippen molar-refractivity contribution in [3.63, 3.8) is 0 Å². The molecular formula is C22H30CaO4. The van der Waals surface area contributed by atoms with Crippen molar-refractivity contribution in [2.75, 3.05) is 0 Å². The average molecular weight is 399 g/mol. The SMILES string of the molecule is CC1=CC2(C(=O)[O-])C(CC1)C2(C)C.CC1=CC2(C(=O)[O-])C(CC1)C2(C)C.[Ca+2]. The Kier molecular flexibility index (Phi) is 5.85. The number of carbonyl (C=O) groups excluding carboxylic acids is 2. The Balaban J connectivity index is 0.000000187. The second-order valence-corrected chi connectivity index (χ2v) is 9.92. The summed E-state index contributed by atoms with van der Waals surface area (Å²) in [6.45, 7) is 12.1. The normalized spacial score (nSPS) is 39.0. The molecule has 2 saturated carbocycles. The van der Waals surface area contributed by atoms with E-state index in [1.165, 1.54) is 11.1 Å². The van der Waals surface area contributed by atoms with E-state index < -0.39 is 22.8 Å². The maximum absolute atomic E-state index is 11.1. The molecule has 4 aliphatic carbocycles. The molecule has 0 aromatic heterocycles. The molecule has 4 rings (SSSR count). The first-order chi connectivity index (χ1) is 11.9. The Morgan fingerprint density at radius 1 is 0.815 bits per heavy atom. The van der Waals surface area contributed by atoms with E-state index in [1.807, 2.05) is 53.7 Å². The van der Waals surface area contributed by atoms with Crippen molar-refractivity contribution >= 4 is 49.7 Å². The van der Waals surface area contributed by atoms with Crippen LogP contribution in [0.2, 0.25) is 0 Å². The summed E-state index contributed by atoms with van der Waals surface area (Å²) < 4.78 is 0. The second-order valence-electron chi connectivity index (χ2n) is 9.92. The van der Waals surface area contributed by atoms with Gasteiger partial charge in [0.2, 0.25) is 0 Å². The summed E-state index contributed by atoms with van der Waals surface area (Å²) in [5.74, 6) is -1.18. The van der Waals surface area contributed by atoms with Gasteiger partial charge in [0.05, 0.1) is 11.9 Å². The fourth-order valence-corrected chi connectivity index (χ4v) is 6.16. The number of allylic oxidation sites excluding steroid dienone is 2. The minimum atomic E-state index is -0.887. The molecule has 0 bridgehead atoms. The van der Waals surface area contributed by atoms with E-state index in [0.29, 0.717) is 11.8 Å². The van der Waals surface area contributed by atoms with Gasteiger partial charge in [0.15, 0.2) is 0 Å². The molecule has 4 nitrogen and oxygen atoms in total. The van der Waals surface area contributed by atoms with E-state index in [-0.39, 0.29) is 48.6 Å². The largest absolute Gasteiger partial charge is 2.00 e. The number of aliphatic carboxylic acids is 2. The summed E-state index contributed by atoms with van der Waals surface area (Å²) in [6.07, 6.45) is 7.95. The first-order valence-corrected chi connectivity index (χ1v) is 9.65. The number of carboxylic acid groups (broad SMARTS) is 2. The van der Waals surface area contributed by atoms with Crippen molar-refractivity contribution in [1.82, 2.24) is 0 Å². The third kappa shape index (κ3) is 2.97. The maximum atomic E-state index is 11.1. The molecular weight excluding hydrogens is 368 g/mol. The number of fused-ring (bicyclic) bond motifs is 2. The van der Waals surface area contributed by atoms with E-state index in [0.717, 1.165) is 25.7 Å². The molecule has 4 unspecified atom stereocenters. The van der Waals surface area contributed by atoms with Crippen molar-refractivity contribution in [3.05, 3.63) is 23.3 Å². The van der Waals surface area contributed by atoms with Crippen LogP contribution < -0.4 is 10.2 Å². The van der Waals surface area contributed by atoms with Gasteiger partial charge in [-0.2, -0.15) is 0 Å². The van der Waals surface area contributed by atoms with Crippen LogP contribution >= 0.6 is 0 Å². The summed E-state index contributed by atoms with van der Waals surface area (Å²) in [5.41, 5.74) is 0.926. The Labute approximate surface area is 192 Å². The smallest absolute Gasteiger partial charge is 0.549 e. The zero-order valence-corrected chi connectivity index (χ0v) is 19.7. The topological polar surface area (TPSA) is 80.3 Å². The Hall–Kier alpha value is -0.320. The first kappa shape index (κ1) is 23.0. The van der Waals surface area contributed by atoms with Crippen LogP contribution in [-0.2, 0) is 9.59 Å². The van der Waals surface area contributed by atoms with Crippen molar-refractivity contribution < 1.29 is 19.8 Å². The van der Waals surface area contributed by atoms with E-state index in [4.69, 9.17) is 0 Å². The molecule has 0 spiro atoms. The molecule has 27 heavy (non-hydrogen) atoms. The predicted octanol–water partition coefficient (Wildman–Crippen LogP) is 1.86. The van der Waals surface area contributed by atoms with Crippen molar-refractivity contribution in [1.29, 1.82) is 0 Å².